The zero-order valence-electron chi connectivity index (χ0n) is 8.24. The summed E-state index contributed by atoms with van der Waals surface area (Å²) in [4.78, 5) is 0. The van der Waals surface area contributed by atoms with E-state index in [9.17, 15) is 8.42 Å². The smallest absolute Gasteiger partial charge is 0.229 e. The molecule has 0 saturated heterocycles. The molecule has 0 aliphatic heterocycles. The molecule has 0 atom stereocenters. The van der Waals surface area contributed by atoms with Crippen LogP contribution in [0.3, 0.4) is 0 Å². The third kappa shape index (κ3) is 3.66. The fourth-order valence-electron chi connectivity index (χ4n) is 1.07. The summed E-state index contributed by atoms with van der Waals surface area (Å²) in [6.07, 6.45) is 1.13. The van der Waals surface area contributed by atoms with Gasteiger partial charge in [0.1, 0.15) is 0 Å². The van der Waals surface area contributed by atoms with E-state index in [2.05, 4.69) is 10.0 Å². The molecule has 0 saturated carbocycles. The van der Waals surface area contributed by atoms with E-state index in [0.717, 1.165) is 18.5 Å². The third-order valence-corrected chi connectivity index (χ3v) is 2.18. The van der Waals surface area contributed by atoms with Crippen molar-refractivity contribution in [3.63, 3.8) is 0 Å². The number of anilines is 2. The molecule has 0 aliphatic carbocycles. The Kier molecular flexibility index (Phi) is 3.35. The fraction of sp³-hybridized carbons (Fsp3) is 0.333. The van der Waals surface area contributed by atoms with Gasteiger partial charge in [-0.25, -0.2) is 8.42 Å². The van der Waals surface area contributed by atoms with E-state index in [1.54, 1.807) is 12.1 Å². The van der Waals surface area contributed by atoms with Gasteiger partial charge >= 0.3 is 0 Å². The second kappa shape index (κ2) is 4.32. The van der Waals surface area contributed by atoms with Crippen LogP contribution < -0.4 is 10.0 Å². The lowest BCUT2D eigenvalue weighted by molar-refractivity contribution is 0.607. The number of hydrogen-bond donors (Lipinski definition) is 2. The molecule has 0 aromatic heterocycles. The minimum Gasteiger partial charge on any atom is -0.385 e. The van der Waals surface area contributed by atoms with Crippen molar-refractivity contribution in [3.8, 4) is 0 Å². The maximum absolute atomic E-state index is 10.9. The Labute approximate surface area is 84.4 Å². The van der Waals surface area contributed by atoms with Crippen LogP contribution in [0.15, 0.2) is 24.3 Å². The van der Waals surface area contributed by atoms with Gasteiger partial charge in [-0.05, 0) is 31.2 Å². The highest BCUT2D eigenvalue weighted by atomic mass is 32.2. The maximum Gasteiger partial charge on any atom is 0.229 e. The topological polar surface area (TPSA) is 58.2 Å². The van der Waals surface area contributed by atoms with Crippen LogP contribution in [0.25, 0.3) is 0 Å². The van der Waals surface area contributed by atoms with Gasteiger partial charge in [-0.15, -0.1) is 0 Å². The summed E-state index contributed by atoms with van der Waals surface area (Å²) in [5, 5.41) is 3.12. The van der Waals surface area contributed by atoms with Crippen molar-refractivity contribution in [3.05, 3.63) is 24.3 Å². The van der Waals surface area contributed by atoms with E-state index < -0.39 is 10.0 Å². The Morgan fingerprint density at radius 1 is 1.14 bits per heavy atom. The van der Waals surface area contributed by atoms with E-state index in [-0.39, 0.29) is 0 Å². The molecule has 0 amide bonds. The molecule has 14 heavy (non-hydrogen) atoms. The molecule has 1 aromatic rings. The van der Waals surface area contributed by atoms with Gasteiger partial charge in [0.15, 0.2) is 0 Å². The first kappa shape index (κ1) is 10.8. The molecule has 0 radical (unpaired) electrons. The lowest BCUT2D eigenvalue weighted by Crippen LogP contribution is -2.09. The lowest BCUT2D eigenvalue weighted by Gasteiger charge is -2.06. The summed E-state index contributed by atoms with van der Waals surface area (Å²) in [5.74, 6) is 0. The first-order valence-electron chi connectivity index (χ1n) is 4.33. The molecular formula is C9H14N2O2S. The van der Waals surface area contributed by atoms with Gasteiger partial charge in [-0.2, -0.15) is 0 Å². The van der Waals surface area contributed by atoms with Crippen molar-refractivity contribution in [1.82, 2.24) is 0 Å². The monoisotopic (exact) mass is 214 g/mol. The Bertz CT molecular complexity index is 384. The first-order chi connectivity index (χ1) is 6.51. The highest BCUT2D eigenvalue weighted by Gasteiger charge is 2.00. The van der Waals surface area contributed by atoms with E-state index >= 15 is 0 Å². The van der Waals surface area contributed by atoms with Crippen LogP contribution in [0.5, 0.6) is 0 Å². The Hall–Kier alpha value is -1.23. The first-order valence-corrected chi connectivity index (χ1v) is 6.22. The SMILES string of the molecule is CCNc1ccc(NS(C)(=O)=O)cc1. The summed E-state index contributed by atoms with van der Waals surface area (Å²) < 4.78 is 24.2. The lowest BCUT2D eigenvalue weighted by atomic mass is 10.3. The van der Waals surface area contributed by atoms with Crippen LogP contribution in [-0.4, -0.2) is 21.2 Å². The third-order valence-electron chi connectivity index (χ3n) is 1.57. The van der Waals surface area contributed by atoms with Crippen LogP contribution in [0.4, 0.5) is 11.4 Å². The summed E-state index contributed by atoms with van der Waals surface area (Å²) in [6, 6.07) is 7.10. The average Bonchev–Trinajstić information content (AvgIpc) is 2.06. The summed E-state index contributed by atoms with van der Waals surface area (Å²) >= 11 is 0. The molecule has 0 fully saturated rings. The molecule has 5 heteroatoms. The largest absolute Gasteiger partial charge is 0.385 e. The van der Waals surface area contributed by atoms with Gasteiger partial charge < -0.3 is 5.32 Å². The zero-order valence-corrected chi connectivity index (χ0v) is 9.06. The van der Waals surface area contributed by atoms with Crippen LogP contribution >= 0.6 is 0 Å². The highest BCUT2D eigenvalue weighted by molar-refractivity contribution is 7.92. The van der Waals surface area contributed by atoms with E-state index in [1.165, 1.54) is 0 Å². The molecule has 1 rings (SSSR count). The van der Waals surface area contributed by atoms with Crippen molar-refractivity contribution < 1.29 is 8.42 Å². The number of rotatable bonds is 4. The Morgan fingerprint density at radius 2 is 1.64 bits per heavy atom. The van der Waals surface area contributed by atoms with Gasteiger partial charge in [0.2, 0.25) is 10.0 Å². The van der Waals surface area contributed by atoms with Crippen molar-refractivity contribution in [2.45, 2.75) is 6.92 Å². The van der Waals surface area contributed by atoms with E-state index in [4.69, 9.17) is 0 Å². The molecule has 0 aliphatic rings. The number of hydrogen-bond acceptors (Lipinski definition) is 3. The van der Waals surface area contributed by atoms with E-state index in [1.807, 2.05) is 19.1 Å². The standard InChI is InChI=1S/C9H14N2O2S/c1-3-10-8-4-6-9(7-5-8)11-14(2,12)13/h4-7,10-11H,3H2,1-2H3. The fourth-order valence-corrected chi connectivity index (χ4v) is 1.64. The number of sulfonamides is 1. The van der Waals surface area contributed by atoms with Crippen LogP contribution in [0, 0.1) is 0 Å². The van der Waals surface area contributed by atoms with E-state index in [0.29, 0.717) is 5.69 Å². The van der Waals surface area contributed by atoms with Crippen LogP contribution in [0.2, 0.25) is 0 Å². The normalized spacial score (nSPS) is 11.0. The predicted octanol–water partition coefficient (Wildman–Crippen LogP) is 1.49. The maximum atomic E-state index is 10.9. The predicted molar refractivity (Wildman–Crippen MR) is 59.1 cm³/mol. The summed E-state index contributed by atoms with van der Waals surface area (Å²) in [6.45, 7) is 2.85. The van der Waals surface area contributed by atoms with Crippen LogP contribution in [0.1, 0.15) is 6.92 Å². The highest BCUT2D eigenvalue weighted by Crippen LogP contribution is 2.13. The molecule has 78 valence electrons. The molecule has 0 bridgehead atoms. The van der Waals surface area contributed by atoms with Gasteiger partial charge in [0, 0.05) is 17.9 Å². The van der Waals surface area contributed by atoms with Crippen molar-refractivity contribution in [2.75, 3.05) is 22.8 Å². The van der Waals surface area contributed by atoms with Gasteiger partial charge in [-0.3, -0.25) is 4.72 Å². The summed E-state index contributed by atoms with van der Waals surface area (Å²) in [7, 11) is -3.17. The minimum absolute atomic E-state index is 0.578. The molecule has 2 N–H and O–H groups in total. The molecule has 4 nitrogen and oxygen atoms in total. The Morgan fingerprint density at radius 3 is 2.07 bits per heavy atom. The van der Waals surface area contributed by atoms with Crippen LogP contribution in [-0.2, 0) is 10.0 Å². The second-order valence-electron chi connectivity index (χ2n) is 2.98. The quantitative estimate of drug-likeness (QED) is 0.798. The number of benzene rings is 1. The van der Waals surface area contributed by atoms with Gasteiger partial charge in [0.25, 0.3) is 0 Å². The number of nitrogens with one attached hydrogen (secondary N) is 2. The van der Waals surface area contributed by atoms with Crippen molar-refractivity contribution >= 4 is 21.4 Å². The molecule has 0 heterocycles. The average molecular weight is 214 g/mol. The summed E-state index contributed by atoms with van der Waals surface area (Å²) in [5.41, 5.74) is 1.56. The minimum atomic E-state index is -3.17. The Balaban J connectivity index is 2.74. The molecule has 1 aromatic carbocycles. The molecule has 0 unspecified atom stereocenters. The second-order valence-corrected chi connectivity index (χ2v) is 4.73. The van der Waals surface area contributed by atoms with Gasteiger partial charge in [0.05, 0.1) is 6.26 Å². The van der Waals surface area contributed by atoms with Crippen molar-refractivity contribution in [1.29, 1.82) is 0 Å². The molecular weight excluding hydrogens is 200 g/mol. The van der Waals surface area contributed by atoms with Gasteiger partial charge in [-0.1, -0.05) is 0 Å². The van der Waals surface area contributed by atoms with Crippen molar-refractivity contribution in [2.24, 2.45) is 0 Å². The molecule has 0 spiro atoms. The zero-order chi connectivity index (χ0) is 10.6.